The van der Waals surface area contributed by atoms with Gasteiger partial charge in [-0.15, -0.1) is 0 Å². The average Bonchev–Trinajstić information content (AvgIpc) is 3.09. The highest BCUT2D eigenvalue weighted by atomic mass is 16.5. The molecule has 0 spiro atoms. The van der Waals surface area contributed by atoms with Crippen molar-refractivity contribution in [2.75, 3.05) is 39.9 Å². The van der Waals surface area contributed by atoms with Crippen molar-refractivity contribution >= 4 is 5.91 Å². The van der Waals surface area contributed by atoms with Crippen LogP contribution in [0.2, 0.25) is 0 Å². The summed E-state index contributed by atoms with van der Waals surface area (Å²) in [6.07, 6.45) is 2.32. The number of methoxy groups -OCH3 is 1. The molecule has 2 heterocycles. The molecule has 2 aliphatic heterocycles. The molecule has 3 atom stereocenters. The van der Waals surface area contributed by atoms with Crippen LogP contribution in [0, 0.1) is 18.8 Å². The number of likely N-dealkylation sites (tertiary alicyclic amines) is 2. The predicted octanol–water partition coefficient (Wildman–Crippen LogP) is 2.87. The van der Waals surface area contributed by atoms with Crippen molar-refractivity contribution in [2.45, 2.75) is 32.7 Å². The van der Waals surface area contributed by atoms with Gasteiger partial charge in [0.05, 0.1) is 6.04 Å². The fourth-order valence-corrected chi connectivity index (χ4v) is 4.54. The van der Waals surface area contributed by atoms with E-state index in [0.29, 0.717) is 11.8 Å². The molecule has 3 rings (SSSR count). The van der Waals surface area contributed by atoms with Gasteiger partial charge in [0, 0.05) is 46.2 Å². The molecule has 4 nitrogen and oxygen atoms in total. The van der Waals surface area contributed by atoms with Crippen molar-refractivity contribution < 1.29 is 9.53 Å². The van der Waals surface area contributed by atoms with E-state index < -0.39 is 0 Å². The van der Waals surface area contributed by atoms with Crippen LogP contribution in [0.4, 0.5) is 0 Å². The van der Waals surface area contributed by atoms with Gasteiger partial charge in [0.2, 0.25) is 5.91 Å². The van der Waals surface area contributed by atoms with E-state index in [9.17, 15) is 4.79 Å². The molecule has 0 N–H and O–H groups in total. The summed E-state index contributed by atoms with van der Waals surface area (Å²) in [6, 6.07) is 8.81. The Morgan fingerprint density at radius 2 is 2.00 bits per heavy atom. The van der Waals surface area contributed by atoms with Gasteiger partial charge in [-0.1, -0.05) is 24.3 Å². The number of benzene rings is 1. The van der Waals surface area contributed by atoms with Gasteiger partial charge >= 0.3 is 0 Å². The van der Waals surface area contributed by atoms with Gasteiger partial charge in [0.15, 0.2) is 0 Å². The molecule has 2 aliphatic rings. The number of ether oxygens (including phenoxy) is 1. The van der Waals surface area contributed by atoms with E-state index in [2.05, 4.69) is 41.0 Å². The van der Waals surface area contributed by atoms with Gasteiger partial charge in [-0.3, -0.25) is 4.79 Å². The highest BCUT2D eigenvalue weighted by Gasteiger charge is 2.48. The first-order valence-corrected chi connectivity index (χ1v) is 9.16. The van der Waals surface area contributed by atoms with E-state index in [0.717, 1.165) is 39.2 Å². The molecule has 0 bridgehead atoms. The standard InChI is InChI=1S/C20H30N2O2/c1-15-8-4-5-9-18(15)20-19-14-21(10-6-7-11-24-3)12-17(19)13-22(20)16(2)23/h4-5,8-9,17,19-20H,6-7,10-14H2,1-3H3/t17-,19-,20+/m1/s1. The van der Waals surface area contributed by atoms with Crippen LogP contribution in [-0.4, -0.2) is 55.6 Å². The maximum atomic E-state index is 12.2. The summed E-state index contributed by atoms with van der Waals surface area (Å²) >= 11 is 0. The Morgan fingerprint density at radius 1 is 1.21 bits per heavy atom. The molecule has 24 heavy (non-hydrogen) atoms. The Balaban J connectivity index is 1.72. The lowest BCUT2D eigenvalue weighted by Gasteiger charge is -2.30. The van der Waals surface area contributed by atoms with Gasteiger partial charge in [-0.25, -0.2) is 0 Å². The first kappa shape index (κ1) is 17.4. The molecular formula is C20H30N2O2. The zero-order valence-electron chi connectivity index (χ0n) is 15.2. The van der Waals surface area contributed by atoms with E-state index in [1.165, 1.54) is 17.5 Å². The summed E-state index contributed by atoms with van der Waals surface area (Å²) in [4.78, 5) is 16.9. The summed E-state index contributed by atoms with van der Waals surface area (Å²) < 4.78 is 5.15. The van der Waals surface area contributed by atoms with Crippen LogP contribution >= 0.6 is 0 Å². The third-order valence-corrected chi connectivity index (χ3v) is 5.72. The number of hydrogen-bond acceptors (Lipinski definition) is 3. The second kappa shape index (κ2) is 7.66. The maximum Gasteiger partial charge on any atom is 0.219 e. The van der Waals surface area contributed by atoms with Crippen molar-refractivity contribution in [1.82, 2.24) is 9.80 Å². The number of aryl methyl sites for hydroxylation is 1. The largest absolute Gasteiger partial charge is 0.385 e. The number of amides is 1. The first-order valence-electron chi connectivity index (χ1n) is 9.16. The summed E-state index contributed by atoms with van der Waals surface area (Å²) in [5.74, 6) is 1.39. The van der Waals surface area contributed by atoms with Crippen LogP contribution in [0.15, 0.2) is 24.3 Å². The van der Waals surface area contributed by atoms with Gasteiger partial charge < -0.3 is 14.5 Å². The monoisotopic (exact) mass is 330 g/mol. The minimum Gasteiger partial charge on any atom is -0.385 e. The Bertz CT molecular complexity index is 575. The topological polar surface area (TPSA) is 32.8 Å². The van der Waals surface area contributed by atoms with Gasteiger partial charge in [0.25, 0.3) is 0 Å². The quantitative estimate of drug-likeness (QED) is 0.752. The molecule has 132 valence electrons. The van der Waals surface area contributed by atoms with E-state index in [4.69, 9.17) is 4.74 Å². The smallest absolute Gasteiger partial charge is 0.219 e. The predicted molar refractivity (Wildman–Crippen MR) is 95.8 cm³/mol. The molecular weight excluding hydrogens is 300 g/mol. The van der Waals surface area contributed by atoms with Gasteiger partial charge in [-0.2, -0.15) is 0 Å². The van der Waals surface area contributed by atoms with Crippen molar-refractivity contribution in [3.05, 3.63) is 35.4 Å². The number of hydrogen-bond donors (Lipinski definition) is 0. The summed E-state index contributed by atoms with van der Waals surface area (Å²) in [6.45, 7) is 9.03. The van der Waals surface area contributed by atoms with Crippen LogP contribution in [0.1, 0.15) is 36.9 Å². The zero-order chi connectivity index (χ0) is 17.1. The Hall–Kier alpha value is -1.39. The van der Waals surface area contributed by atoms with Crippen molar-refractivity contribution in [3.63, 3.8) is 0 Å². The van der Waals surface area contributed by atoms with Crippen LogP contribution in [0.25, 0.3) is 0 Å². The lowest BCUT2D eigenvalue weighted by molar-refractivity contribution is -0.130. The molecule has 2 fully saturated rings. The van der Waals surface area contributed by atoms with Crippen LogP contribution in [-0.2, 0) is 9.53 Å². The van der Waals surface area contributed by atoms with E-state index in [1.54, 1.807) is 14.0 Å². The molecule has 0 unspecified atom stereocenters. The molecule has 0 saturated carbocycles. The number of carbonyl (C=O) groups is 1. The second-order valence-electron chi connectivity index (χ2n) is 7.36. The number of unbranched alkanes of at least 4 members (excludes halogenated alkanes) is 1. The summed E-state index contributed by atoms with van der Waals surface area (Å²) in [5, 5.41) is 0. The molecule has 2 saturated heterocycles. The molecule has 1 aromatic rings. The highest BCUT2D eigenvalue weighted by molar-refractivity contribution is 5.74. The number of fused-ring (bicyclic) bond motifs is 1. The van der Waals surface area contributed by atoms with Crippen molar-refractivity contribution in [3.8, 4) is 0 Å². The summed E-state index contributed by atoms with van der Waals surface area (Å²) in [5.41, 5.74) is 2.63. The second-order valence-corrected chi connectivity index (χ2v) is 7.36. The Labute approximate surface area is 145 Å². The third kappa shape index (κ3) is 3.50. The Kier molecular flexibility index (Phi) is 5.57. The average molecular weight is 330 g/mol. The van der Waals surface area contributed by atoms with Gasteiger partial charge in [0.1, 0.15) is 0 Å². The molecule has 0 aliphatic carbocycles. The lowest BCUT2D eigenvalue weighted by atomic mass is 9.87. The highest BCUT2D eigenvalue weighted by Crippen LogP contribution is 2.45. The number of carbonyl (C=O) groups excluding carboxylic acids is 1. The minimum absolute atomic E-state index is 0.212. The molecule has 1 aromatic carbocycles. The lowest BCUT2D eigenvalue weighted by Crippen LogP contribution is -2.34. The first-order chi connectivity index (χ1) is 11.6. The van der Waals surface area contributed by atoms with Crippen LogP contribution in [0.3, 0.4) is 0 Å². The van der Waals surface area contributed by atoms with Gasteiger partial charge in [-0.05, 0) is 43.4 Å². The van der Waals surface area contributed by atoms with E-state index in [-0.39, 0.29) is 11.9 Å². The normalized spacial score (nSPS) is 26.8. The number of rotatable bonds is 6. The van der Waals surface area contributed by atoms with Crippen LogP contribution in [0.5, 0.6) is 0 Å². The molecule has 4 heteroatoms. The maximum absolute atomic E-state index is 12.2. The van der Waals surface area contributed by atoms with Crippen LogP contribution < -0.4 is 0 Å². The Morgan fingerprint density at radius 3 is 2.71 bits per heavy atom. The third-order valence-electron chi connectivity index (χ3n) is 5.72. The fraction of sp³-hybridized carbons (Fsp3) is 0.650. The van der Waals surface area contributed by atoms with E-state index >= 15 is 0 Å². The zero-order valence-corrected chi connectivity index (χ0v) is 15.2. The molecule has 0 radical (unpaired) electrons. The fourth-order valence-electron chi connectivity index (χ4n) is 4.54. The van der Waals surface area contributed by atoms with Crippen molar-refractivity contribution in [2.24, 2.45) is 11.8 Å². The molecule has 0 aromatic heterocycles. The SMILES string of the molecule is COCCCCN1C[C@@H]2CN(C(C)=O)[C@@H](c3ccccc3C)[C@@H]2C1. The van der Waals surface area contributed by atoms with Crippen molar-refractivity contribution in [1.29, 1.82) is 0 Å². The molecule has 1 amide bonds. The van der Waals surface area contributed by atoms with E-state index in [1.807, 2.05) is 0 Å². The minimum atomic E-state index is 0.212. The summed E-state index contributed by atoms with van der Waals surface area (Å²) in [7, 11) is 1.77. The number of nitrogens with zero attached hydrogens (tertiary/aromatic N) is 2.